The Hall–Kier alpha value is -0.810. The monoisotopic (exact) mass is 314 g/mol. The molecular formula is C16H27ClN2O2. The number of hydrogen-bond donors (Lipinski definition) is 2. The smallest absolute Gasteiger partial charge is 0.119 e. The summed E-state index contributed by atoms with van der Waals surface area (Å²) < 4.78 is 5.52. The lowest BCUT2D eigenvalue weighted by atomic mass is 10.2. The maximum absolute atomic E-state index is 9.94. The van der Waals surface area contributed by atoms with Crippen LogP contribution < -0.4 is 10.1 Å². The predicted octanol–water partition coefficient (Wildman–Crippen LogP) is 2.40. The van der Waals surface area contributed by atoms with Crippen LogP contribution in [0.25, 0.3) is 0 Å². The molecule has 0 radical (unpaired) electrons. The highest BCUT2D eigenvalue weighted by Crippen LogP contribution is 2.15. The number of nitrogens with one attached hydrogen (secondary N) is 1. The average Bonchev–Trinajstić information content (AvgIpc) is 2.50. The summed E-state index contributed by atoms with van der Waals surface area (Å²) in [7, 11) is 0. The summed E-state index contributed by atoms with van der Waals surface area (Å²) >= 11 is 5.81. The third-order valence-electron chi connectivity index (χ3n) is 3.38. The van der Waals surface area contributed by atoms with E-state index < -0.39 is 6.10 Å². The van der Waals surface area contributed by atoms with Crippen LogP contribution >= 0.6 is 11.6 Å². The van der Waals surface area contributed by atoms with Crippen LogP contribution in [0.15, 0.2) is 24.3 Å². The van der Waals surface area contributed by atoms with Gasteiger partial charge in [0.25, 0.3) is 0 Å². The van der Waals surface area contributed by atoms with Crippen molar-refractivity contribution in [2.24, 2.45) is 0 Å². The predicted molar refractivity (Wildman–Crippen MR) is 88.2 cm³/mol. The van der Waals surface area contributed by atoms with Crippen LogP contribution in [-0.2, 0) is 0 Å². The Morgan fingerprint density at radius 3 is 2.43 bits per heavy atom. The molecule has 1 aromatic carbocycles. The van der Waals surface area contributed by atoms with E-state index in [9.17, 15) is 5.11 Å². The minimum atomic E-state index is -0.528. The van der Waals surface area contributed by atoms with Gasteiger partial charge in [0.2, 0.25) is 0 Å². The van der Waals surface area contributed by atoms with Crippen LogP contribution in [0.1, 0.15) is 20.8 Å². The Bertz CT molecular complexity index is 382. The second kappa shape index (κ2) is 10.0. The molecule has 0 aliphatic heterocycles. The Balaban J connectivity index is 2.21. The third-order valence-corrected chi connectivity index (χ3v) is 3.64. The Morgan fingerprint density at radius 2 is 1.86 bits per heavy atom. The molecular weight excluding hydrogens is 288 g/mol. The van der Waals surface area contributed by atoms with Gasteiger partial charge in [-0.2, -0.15) is 0 Å². The fourth-order valence-corrected chi connectivity index (χ4v) is 2.18. The first-order chi connectivity index (χ1) is 10.0. The molecule has 0 aliphatic carbocycles. The number of aliphatic hydroxyl groups is 1. The van der Waals surface area contributed by atoms with E-state index in [0.717, 1.165) is 25.4 Å². The van der Waals surface area contributed by atoms with E-state index in [-0.39, 0.29) is 6.61 Å². The van der Waals surface area contributed by atoms with Crippen molar-refractivity contribution in [3.05, 3.63) is 29.3 Å². The summed E-state index contributed by atoms with van der Waals surface area (Å²) in [4.78, 5) is 2.36. The van der Waals surface area contributed by atoms with E-state index in [2.05, 4.69) is 31.0 Å². The molecule has 120 valence electrons. The molecule has 0 aromatic heterocycles. The highest BCUT2D eigenvalue weighted by molar-refractivity contribution is 6.30. The lowest BCUT2D eigenvalue weighted by Gasteiger charge is -2.24. The van der Waals surface area contributed by atoms with Gasteiger partial charge in [0.05, 0.1) is 0 Å². The normalized spacial score (nSPS) is 14.2. The molecule has 4 nitrogen and oxygen atoms in total. The summed E-state index contributed by atoms with van der Waals surface area (Å²) in [5, 5.41) is 13.9. The highest BCUT2D eigenvalue weighted by atomic mass is 35.5. The highest BCUT2D eigenvalue weighted by Gasteiger charge is 2.10. The minimum absolute atomic E-state index is 0.270. The first kappa shape index (κ1) is 18.2. The lowest BCUT2D eigenvalue weighted by Crippen LogP contribution is -2.43. The molecule has 0 amide bonds. The molecule has 2 atom stereocenters. The lowest BCUT2D eigenvalue weighted by molar-refractivity contribution is 0.102. The maximum atomic E-state index is 9.94. The largest absolute Gasteiger partial charge is 0.491 e. The number of ether oxygens (including phenoxy) is 1. The van der Waals surface area contributed by atoms with Gasteiger partial charge < -0.3 is 20.1 Å². The van der Waals surface area contributed by atoms with Gasteiger partial charge >= 0.3 is 0 Å². The number of aliphatic hydroxyl groups excluding tert-OH is 1. The van der Waals surface area contributed by atoms with Crippen molar-refractivity contribution in [1.29, 1.82) is 0 Å². The molecule has 0 heterocycles. The Kier molecular flexibility index (Phi) is 8.69. The van der Waals surface area contributed by atoms with Crippen LogP contribution in [0, 0.1) is 0 Å². The molecule has 1 rings (SSSR count). The number of benzene rings is 1. The van der Waals surface area contributed by atoms with Gasteiger partial charge in [-0.15, -0.1) is 0 Å². The van der Waals surface area contributed by atoms with Crippen molar-refractivity contribution in [2.45, 2.75) is 32.9 Å². The van der Waals surface area contributed by atoms with E-state index in [1.807, 2.05) is 0 Å². The summed E-state index contributed by atoms with van der Waals surface area (Å²) in [5.41, 5.74) is 0. The van der Waals surface area contributed by atoms with E-state index in [1.54, 1.807) is 24.3 Å². The minimum Gasteiger partial charge on any atom is -0.491 e. The van der Waals surface area contributed by atoms with Gasteiger partial charge in [0.1, 0.15) is 18.5 Å². The van der Waals surface area contributed by atoms with Gasteiger partial charge in [-0.25, -0.2) is 0 Å². The number of nitrogens with zero attached hydrogens (tertiary/aromatic N) is 1. The van der Waals surface area contributed by atoms with E-state index in [0.29, 0.717) is 17.6 Å². The van der Waals surface area contributed by atoms with Gasteiger partial charge in [-0.3, -0.25) is 0 Å². The van der Waals surface area contributed by atoms with Crippen LogP contribution in [0.4, 0.5) is 0 Å². The molecule has 1 aromatic rings. The van der Waals surface area contributed by atoms with Crippen LogP contribution in [0.2, 0.25) is 5.02 Å². The molecule has 0 fully saturated rings. The molecule has 0 saturated heterocycles. The number of rotatable bonds is 10. The second-order valence-corrected chi connectivity index (χ2v) is 5.65. The SMILES string of the molecule is CCN(CC)CC(C)NCC(O)COc1ccc(Cl)cc1. The quantitative estimate of drug-likeness (QED) is 0.696. The summed E-state index contributed by atoms with van der Waals surface area (Å²) in [6.45, 7) is 10.3. The topological polar surface area (TPSA) is 44.7 Å². The zero-order valence-corrected chi connectivity index (χ0v) is 13.9. The van der Waals surface area contributed by atoms with Crippen molar-refractivity contribution >= 4 is 11.6 Å². The van der Waals surface area contributed by atoms with Gasteiger partial charge in [0, 0.05) is 24.2 Å². The molecule has 21 heavy (non-hydrogen) atoms. The molecule has 2 unspecified atom stereocenters. The Labute approximate surface area is 133 Å². The number of likely N-dealkylation sites (N-methyl/N-ethyl adjacent to an activating group) is 1. The van der Waals surface area contributed by atoms with E-state index in [4.69, 9.17) is 16.3 Å². The molecule has 0 bridgehead atoms. The maximum Gasteiger partial charge on any atom is 0.119 e. The molecule has 2 N–H and O–H groups in total. The summed E-state index contributed by atoms with van der Waals surface area (Å²) in [6, 6.07) is 7.48. The number of hydrogen-bond acceptors (Lipinski definition) is 4. The molecule has 5 heteroatoms. The second-order valence-electron chi connectivity index (χ2n) is 5.21. The average molecular weight is 315 g/mol. The van der Waals surface area contributed by atoms with Crippen molar-refractivity contribution in [3.63, 3.8) is 0 Å². The van der Waals surface area contributed by atoms with Crippen molar-refractivity contribution in [3.8, 4) is 5.75 Å². The van der Waals surface area contributed by atoms with Crippen molar-refractivity contribution in [1.82, 2.24) is 10.2 Å². The fraction of sp³-hybridized carbons (Fsp3) is 0.625. The fourth-order valence-electron chi connectivity index (χ4n) is 2.05. The van der Waals surface area contributed by atoms with Gasteiger partial charge in [0.15, 0.2) is 0 Å². The summed E-state index contributed by atoms with van der Waals surface area (Å²) in [6.07, 6.45) is -0.528. The third kappa shape index (κ3) is 7.67. The molecule has 0 saturated carbocycles. The zero-order chi connectivity index (χ0) is 15.7. The molecule has 0 aliphatic rings. The first-order valence-corrected chi connectivity index (χ1v) is 7.95. The van der Waals surface area contributed by atoms with E-state index in [1.165, 1.54) is 0 Å². The van der Waals surface area contributed by atoms with Crippen LogP contribution in [0.3, 0.4) is 0 Å². The molecule has 0 spiro atoms. The summed E-state index contributed by atoms with van der Waals surface area (Å²) in [5.74, 6) is 0.717. The zero-order valence-electron chi connectivity index (χ0n) is 13.2. The number of halogens is 1. The van der Waals surface area contributed by atoms with Gasteiger partial charge in [-0.05, 0) is 44.3 Å². The van der Waals surface area contributed by atoms with Crippen LogP contribution in [0.5, 0.6) is 5.75 Å². The van der Waals surface area contributed by atoms with Gasteiger partial charge in [-0.1, -0.05) is 25.4 Å². The first-order valence-electron chi connectivity index (χ1n) is 7.57. The Morgan fingerprint density at radius 1 is 1.24 bits per heavy atom. The van der Waals surface area contributed by atoms with E-state index >= 15 is 0 Å². The van der Waals surface area contributed by atoms with Crippen molar-refractivity contribution in [2.75, 3.05) is 32.8 Å². The van der Waals surface area contributed by atoms with Crippen LogP contribution in [-0.4, -0.2) is 54.9 Å². The standard InChI is InChI=1S/C16H27ClN2O2/c1-4-19(5-2)11-13(3)18-10-15(20)12-21-16-8-6-14(17)7-9-16/h6-9,13,15,18,20H,4-5,10-12H2,1-3H3. The van der Waals surface area contributed by atoms with Crippen molar-refractivity contribution < 1.29 is 9.84 Å².